The van der Waals surface area contributed by atoms with E-state index in [4.69, 9.17) is 0 Å². The Balaban J connectivity index is 3.08. The van der Waals surface area contributed by atoms with Crippen molar-refractivity contribution in [3.63, 3.8) is 0 Å². The Morgan fingerprint density at radius 3 is 2.75 bits per heavy atom. The third kappa shape index (κ3) is 1.53. The van der Waals surface area contributed by atoms with Gasteiger partial charge in [-0.2, -0.15) is 0 Å². The molecule has 66 valence electrons. The molecule has 1 N–H and O–H groups in total. The van der Waals surface area contributed by atoms with E-state index in [1.165, 1.54) is 10.9 Å². The van der Waals surface area contributed by atoms with E-state index in [1.54, 1.807) is 6.08 Å². The molecule has 1 aliphatic carbocycles. The maximum absolute atomic E-state index is 9.60. The summed E-state index contributed by atoms with van der Waals surface area (Å²) in [7, 11) is 2.70. The van der Waals surface area contributed by atoms with E-state index >= 15 is 0 Å². The summed E-state index contributed by atoms with van der Waals surface area (Å²) in [5.74, 6) is 0.223. The van der Waals surface area contributed by atoms with Gasteiger partial charge < -0.3 is 5.11 Å². The van der Waals surface area contributed by atoms with Crippen molar-refractivity contribution in [3.05, 3.63) is 35.2 Å². The molecular weight excluding hydrogens is 167 g/mol. The summed E-state index contributed by atoms with van der Waals surface area (Å²) in [5.41, 5.74) is 2.26. The van der Waals surface area contributed by atoms with Crippen molar-refractivity contribution in [1.29, 1.82) is 0 Å². The molecule has 0 bridgehead atoms. The Kier molecular flexibility index (Phi) is 2.87. The third-order valence-corrected chi connectivity index (χ3v) is 3.29. The number of hydrogen-bond donors (Lipinski definition) is 1. The van der Waals surface area contributed by atoms with Crippen LogP contribution in [0.3, 0.4) is 0 Å². The molecule has 0 aromatic heterocycles. The minimum absolute atomic E-state index is 0.223. The molecule has 0 aromatic carbocycles. The minimum atomic E-state index is -0.359. The van der Waals surface area contributed by atoms with Gasteiger partial charge in [-0.25, -0.2) is 0 Å². The SMILES string of the molecule is C=CC1=CC(O)C(C)C(C)=C1P. The molecule has 1 aliphatic rings. The summed E-state index contributed by atoms with van der Waals surface area (Å²) in [6, 6.07) is 0. The van der Waals surface area contributed by atoms with Crippen LogP contribution in [0.1, 0.15) is 13.8 Å². The maximum atomic E-state index is 9.60. The van der Waals surface area contributed by atoms with Gasteiger partial charge in [-0.05, 0) is 23.9 Å². The molecule has 0 saturated carbocycles. The first-order valence-corrected chi connectivity index (χ1v) is 4.64. The van der Waals surface area contributed by atoms with Gasteiger partial charge in [0, 0.05) is 5.92 Å². The van der Waals surface area contributed by atoms with E-state index in [2.05, 4.69) is 15.8 Å². The fraction of sp³-hybridized carbons (Fsp3) is 0.400. The van der Waals surface area contributed by atoms with Crippen molar-refractivity contribution in [2.45, 2.75) is 20.0 Å². The van der Waals surface area contributed by atoms with Gasteiger partial charge in [-0.3, -0.25) is 0 Å². The second-order valence-electron chi connectivity index (χ2n) is 3.20. The van der Waals surface area contributed by atoms with Gasteiger partial charge >= 0.3 is 0 Å². The van der Waals surface area contributed by atoms with Crippen LogP contribution >= 0.6 is 9.24 Å². The summed E-state index contributed by atoms with van der Waals surface area (Å²) in [5, 5.41) is 10.8. The first-order valence-electron chi connectivity index (χ1n) is 4.07. The van der Waals surface area contributed by atoms with Gasteiger partial charge in [0.05, 0.1) is 6.10 Å². The standard InChI is InChI=1S/C10H15OP/c1-4-8-5-9(11)6(2)7(3)10(8)12/h4-6,9,11H,1,12H2,2-3H3. The summed E-state index contributed by atoms with van der Waals surface area (Å²) in [6.45, 7) is 7.78. The fourth-order valence-corrected chi connectivity index (χ4v) is 1.80. The lowest BCUT2D eigenvalue weighted by Crippen LogP contribution is -2.20. The molecule has 3 atom stereocenters. The number of rotatable bonds is 1. The van der Waals surface area contributed by atoms with Crippen molar-refractivity contribution in [3.8, 4) is 0 Å². The zero-order chi connectivity index (χ0) is 9.30. The van der Waals surface area contributed by atoms with E-state index in [1.807, 2.05) is 19.9 Å². The van der Waals surface area contributed by atoms with E-state index in [9.17, 15) is 5.11 Å². The number of aliphatic hydroxyl groups excluding tert-OH is 1. The highest BCUT2D eigenvalue weighted by Gasteiger charge is 2.21. The molecule has 1 nitrogen and oxygen atoms in total. The zero-order valence-electron chi connectivity index (χ0n) is 7.54. The Bertz CT molecular complexity index is 263. The van der Waals surface area contributed by atoms with Crippen molar-refractivity contribution in [1.82, 2.24) is 0 Å². The Labute approximate surface area is 76.1 Å². The largest absolute Gasteiger partial charge is 0.388 e. The first-order chi connectivity index (χ1) is 5.57. The van der Waals surface area contributed by atoms with E-state index in [-0.39, 0.29) is 12.0 Å². The summed E-state index contributed by atoms with van der Waals surface area (Å²) in [6.07, 6.45) is 3.27. The summed E-state index contributed by atoms with van der Waals surface area (Å²) in [4.78, 5) is 0. The molecule has 1 rings (SSSR count). The van der Waals surface area contributed by atoms with Crippen LogP contribution in [0.25, 0.3) is 0 Å². The monoisotopic (exact) mass is 182 g/mol. The van der Waals surface area contributed by atoms with Crippen molar-refractivity contribution in [2.75, 3.05) is 0 Å². The van der Waals surface area contributed by atoms with E-state index in [0.29, 0.717) is 0 Å². The average Bonchev–Trinajstić information content (AvgIpc) is 2.08. The lowest BCUT2D eigenvalue weighted by atomic mass is 9.88. The lowest BCUT2D eigenvalue weighted by molar-refractivity contribution is 0.177. The molecule has 0 radical (unpaired) electrons. The van der Waals surface area contributed by atoms with E-state index in [0.717, 1.165) is 5.57 Å². The van der Waals surface area contributed by atoms with Crippen molar-refractivity contribution in [2.24, 2.45) is 5.92 Å². The second-order valence-corrected chi connectivity index (χ2v) is 3.78. The second kappa shape index (κ2) is 3.55. The predicted molar refractivity (Wildman–Crippen MR) is 55.9 cm³/mol. The number of allylic oxidation sites excluding steroid dienone is 3. The zero-order valence-corrected chi connectivity index (χ0v) is 8.70. The number of aliphatic hydroxyl groups is 1. The van der Waals surface area contributed by atoms with Gasteiger partial charge in [0.25, 0.3) is 0 Å². The fourth-order valence-electron chi connectivity index (χ4n) is 1.33. The summed E-state index contributed by atoms with van der Waals surface area (Å²) < 4.78 is 0. The summed E-state index contributed by atoms with van der Waals surface area (Å²) >= 11 is 0. The molecule has 0 heterocycles. The Hall–Kier alpha value is -0.390. The lowest BCUT2D eigenvalue weighted by Gasteiger charge is -2.25. The Morgan fingerprint density at radius 1 is 1.67 bits per heavy atom. The van der Waals surface area contributed by atoms with Crippen LogP contribution in [0, 0.1) is 5.92 Å². The van der Waals surface area contributed by atoms with Gasteiger partial charge in [0.15, 0.2) is 0 Å². The topological polar surface area (TPSA) is 20.2 Å². The molecule has 0 fully saturated rings. The highest BCUT2D eigenvalue weighted by atomic mass is 31.0. The maximum Gasteiger partial charge on any atom is 0.0792 e. The third-order valence-electron chi connectivity index (χ3n) is 2.50. The quantitative estimate of drug-likeness (QED) is 0.617. The van der Waals surface area contributed by atoms with Gasteiger partial charge in [0.1, 0.15) is 0 Å². The van der Waals surface area contributed by atoms with Crippen molar-refractivity contribution >= 4 is 9.24 Å². The Morgan fingerprint density at radius 2 is 2.25 bits per heavy atom. The van der Waals surface area contributed by atoms with Crippen LogP contribution in [-0.4, -0.2) is 11.2 Å². The molecule has 0 aromatic rings. The first kappa shape index (κ1) is 9.70. The molecular formula is C10H15OP. The number of hydrogen-bond acceptors (Lipinski definition) is 1. The molecule has 0 amide bonds. The molecule has 12 heavy (non-hydrogen) atoms. The van der Waals surface area contributed by atoms with Crippen LogP contribution in [-0.2, 0) is 0 Å². The van der Waals surface area contributed by atoms with Crippen LogP contribution < -0.4 is 0 Å². The highest BCUT2D eigenvalue weighted by Crippen LogP contribution is 2.33. The van der Waals surface area contributed by atoms with Gasteiger partial charge in [-0.1, -0.05) is 25.2 Å². The molecule has 2 heteroatoms. The van der Waals surface area contributed by atoms with Crippen LogP contribution in [0.4, 0.5) is 0 Å². The predicted octanol–water partition coefficient (Wildman–Crippen LogP) is 2.26. The highest BCUT2D eigenvalue weighted by molar-refractivity contribution is 7.23. The smallest absolute Gasteiger partial charge is 0.0792 e. The minimum Gasteiger partial charge on any atom is -0.388 e. The molecule has 3 unspecified atom stereocenters. The normalized spacial score (nSPS) is 30.2. The molecule has 0 spiro atoms. The van der Waals surface area contributed by atoms with Gasteiger partial charge in [0.2, 0.25) is 0 Å². The van der Waals surface area contributed by atoms with Crippen LogP contribution in [0.5, 0.6) is 0 Å². The van der Waals surface area contributed by atoms with Crippen LogP contribution in [0.2, 0.25) is 0 Å². The van der Waals surface area contributed by atoms with Crippen LogP contribution in [0.15, 0.2) is 35.2 Å². The molecule has 0 aliphatic heterocycles. The average molecular weight is 182 g/mol. The van der Waals surface area contributed by atoms with E-state index < -0.39 is 0 Å². The van der Waals surface area contributed by atoms with Gasteiger partial charge in [-0.15, -0.1) is 9.24 Å². The van der Waals surface area contributed by atoms with Crippen molar-refractivity contribution < 1.29 is 5.11 Å². The molecule has 0 saturated heterocycles.